The number of carbonyl (C=O) groups excluding carboxylic acids is 1. The van der Waals surface area contributed by atoms with Crippen molar-refractivity contribution in [2.75, 3.05) is 18.2 Å². The first-order valence-corrected chi connectivity index (χ1v) is 8.30. The van der Waals surface area contributed by atoms with Crippen molar-refractivity contribution in [1.29, 1.82) is 5.26 Å². The predicted molar refractivity (Wildman–Crippen MR) is 77.8 cm³/mol. The highest BCUT2D eigenvalue weighted by Gasteiger charge is 2.35. The Hall–Kier alpha value is -2.07. The Kier molecular flexibility index (Phi) is 4.48. The highest BCUT2D eigenvalue weighted by atomic mass is 32.2. The van der Waals surface area contributed by atoms with E-state index in [2.05, 4.69) is 5.32 Å². The summed E-state index contributed by atoms with van der Waals surface area (Å²) < 4.78 is 29.0. The van der Waals surface area contributed by atoms with Crippen LogP contribution < -0.4 is 10.1 Å². The van der Waals surface area contributed by atoms with Crippen LogP contribution in [0.15, 0.2) is 18.2 Å². The molecular weight excluding hydrogens is 292 g/mol. The molecule has 1 unspecified atom stereocenters. The second-order valence-corrected chi connectivity index (χ2v) is 7.14. The van der Waals surface area contributed by atoms with E-state index in [1.165, 1.54) is 13.2 Å². The van der Waals surface area contributed by atoms with E-state index < -0.39 is 21.0 Å². The lowest BCUT2D eigenvalue weighted by Gasteiger charge is -2.22. The van der Waals surface area contributed by atoms with Crippen LogP contribution >= 0.6 is 0 Å². The Morgan fingerprint density at radius 2 is 2.19 bits per heavy atom. The first-order chi connectivity index (χ1) is 9.99. The molecule has 21 heavy (non-hydrogen) atoms. The average molecular weight is 308 g/mol. The number of rotatable bonds is 3. The number of methoxy groups -OCH3 is 1. The highest BCUT2D eigenvalue weighted by Crippen LogP contribution is 2.29. The number of nitrogens with zero attached hydrogens (tertiary/aromatic N) is 1. The van der Waals surface area contributed by atoms with Crippen molar-refractivity contribution >= 4 is 21.4 Å². The SMILES string of the molecule is COc1cccc(C#N)c1NC(=O)C1CCCCS1(=O)=O. The normalized spacial score (nSPS) is 20.3. The first-order valence-electron chi connectivity index (χ1n) is 6.59. The molecule has 0 spiro atoms. The van der Waals surface area contributed by atoms with Crippen LogP contribution in [0.4, 0.5) is 5.69 Å². The monoisotopic (exact) mass is 308 g/mol. The zero-order valence-corrected chi connectivity index (χ0v) is 12.4. The van der Waals surface area contributed by atoms with Gasteiger partial charge < -0.3 is 10.1 Å². The quantitative estimate of drug-likeness (QED) is 0.912. The van der Waals surface area contributed by atoms with Gasteiger partial charge in [0.15, 0.2) is 9.84 Å². The minimum atomic E-state index is -3.42. The molecule has 0 aliphatic carbocycles. The number of nitrogens with one attached hydrogen (secondary N) is 1. The van der Waals surface area contributed by atoms with Gasteiger partial charge in [-0.3, -0.25) is 4.79 Å². The topological polar surface area (TPSA) is 96.3 Å². The molecule has 0 aromatic heterocycles. The van der Waals surface area contributed by atoms with Crippen LogP contribution in [-0.2, 0) is 14.6 Å². The smallest absolute Gasteiger partial charge is 0.242 e. The molecule has 1 aromatic rings. The Bertz CT molecular complexity index is 691. The fraction of sp³-hybridized carbons (Fsp3) is 0.429. The molecular formula is C14H16N2O4S. The van der Waals surface area contributed by atoms with Gasteiger partial charge in [0.25, 0.3) is 0 Å². The molecule has 0 bridgehead atoms. The van der Waals surface area contributed by atoms with E-state index >= 15 is 0 Å². The summed E-state index contributed by atoms with van der Waals surface area (Å²) in [5.74, 6) is -0.242. The number of ether oxygens (including phenoxy) is 1. The molecule has 1 amide bonds. The third kappa shape index (κ3) is 3.16. The Labute approximate surface area is 123 Å². The predicted octanol–water partition coefficient (Wildman–Crippen LogP) is 1.47. The molecule has 7 heteroatoms. The highest BCUT2D eigenvalue weighted by molar-refractivity contribution is 7.92. The zero-order valence-electron chi connectivity index (χ0n) is 11.6. The van der Waals surface area contributed by atoms with Crippen LogP contribution in [0, 0.1) is 11.3 Å². The summed E-state index contributed by atoms with van der Waals surface area (Å²) in [7, 11) is -2.00. The summed E-state index contributed by atoms with van der Waals surface area (Å²) in [5, 5.41) is 10.6. The molecule has 0 radical (unpaired) electrons. The van der Waals surface area contributed by atoms with Crippen molar-refractivity contribution in [3.8, 4) is 11.8 Å². The van der Waals surface area contributed by atoms with Gasteiger partial charge in [0.05, 0.1) is 18.4 Å². The average Bonchev–Trinajstić information content (AvgIpc) is 2.46. The lowest BCUT2D eigenvalue weighted by molar-refractivity contribution is -0.116. The largest absolute Gasteiger partial charge is 0.495 e. The van der Waals surface area contributed by atoms with Crippen LogP contribution in [0.2, 0.25) is 0 Å². The van der Waals surface area contributed by atoms with E-state index in [4.69, 9.17) is 10.00 Å². The van der Waals surface area contributed by atoms with Crippen molar-refractivity contribution in [2.24, 2.45) is 0 Å². The maximum atomic E-state index is 12.3. The number of nitriles is 1. The Morgan fingerprint density at radius 3 is 2.81 bits per heavy atom. The van der Waals surface area contributed by atoms with Crippen LogP contribution in [0.3, 0.4) is 0 Å². The molecule has 1 aromatic carbocycles. The third-order valence-corrected chi connectivity index (χ3v) is 5.66. The molecule has 1 N–H and O–H groups in total. The summed E-state index contributed by atoms with van der Waals surface area (Å²) >= 11 is 0. The molecule has 1 saturated heterocycles. The second-order valence-electron chi connectivity index (χ2n) is 4.84. The molecule has 112 valence electrons. The van der Waals surface area contributed by atoms with Gasteiger partial charge in [-0.2, -0.15) is 5.26 Å². The van der Waals surface area contributed by atoms with Gasteiger partial charge in [-0.25, -0.2) is 8.42 Å². The Morgan fingerprint density at radius 1 is 1.43 bits per heavy atom. The maximum Gasteiger partial charge on any atom is 0.242 e. The number of benzene rings is 1. The van der Waals surface area contributed by atoms with E-state index in [1.807, 2.05) is 6.07 Å². The van der Waals surface area contributed by atoms with Gasteiger partial charge in [0.2, 0.25) is 5.91 Å². The fourth-order valence-electron chi connectivity index (χ4n) is 2.38. The van der Waals surface area contributed by atoms with Crippen molar-refractivity contribution in [3.05, 3.63) is 23.8 Å². The van der Waals surface area contributed by atoms with Crippen molar-refractivity contribution in [1.82, 2.24) is 0 Å². The van der Waals surface area contributed by atoms with Gasteiger partial charge in [0, 0.05) is 0 Å². The third-order valence-electron chi connectivity index (χ3n) is 3.49. The molecule has 0 saturated carbocycles. The standard InChI is InChI=1S/C14H16N2O4S/c1-20-11-6-4-5-10(9-15)13(11)16-14(17)12-7-2-3-8-21(12,18)19/h4-6,12H,2-3,7-8H2,1H3,(H,16,17). The van der Waals surface area contributed by atoms with E-state index in [0.29, 0.717) is 25.0 Å². The molecule has 1 heterocycles. The van der Waals surface area contributed by atoms with Gasteiger partial charge in [-0.1, -0.05) is 12.5 Å². The lowest BCUT2D eigenvalue weighted by Crippen LogP contribution is -2.39. The minimum absolute atomic E-state index is 0.0299. The van der Waals surface area contributed by atoms with Crippen molar-refractivity contribution < 1.29 is 17.9 Å². The van der Waals surface area contributed by atoms with Gasteiger partial charge in [-0.15, -0.1) is 0 Å². The van der Waals surface area contributed by atoms with Gasteiger partial charge >= 0.3 is 0 Å². The molecule has 1 atom stereocenters. The summed E-state index contributed by atoms with van der Waals surface area (Å²) in [5.41, 5.74) is 0.448. The number of sulfone groups is 1. The van der Waals surface area contributed by atoms with Crippen molar-refractivity contribution in [3.63, 3.8) is 0 Å². The molecule has 1 fully saturated rings. The van der Waals surface area contributed by atoms with Crippen LogP contribution in [0.25, 0.3) is 0 Å². The summed E-state index contributed by atoms with van der Waals surface area (Å²) in [4.78, 5) is 12.3. The van der Waals surface area contributed by atoms with E-state index in [0.717, 1.165) is 0 Å². The van der Waals surface area contributed by atoms with Gasteiger partial charge in [0.1, 0.15) is 22.8 Å². The molecule has 1 aliphatic rings. The van der Waals surface area contributed by atoms with Crippen LogP contribution in [0.5, 0.6) is 5.75 Å². The first kappa shape index (κ1) is 15.3. The minimum Gasteiger partial charge on any atom is -0.495 e. The fourth-order valence-corrected chi connectivity index (χ4v) is 4.18. The van der Waals surface area contributed by atoms with Crippen LogP contribution in [-0.4, -0.2) is 32.4 Å². The van der Waals surface area contributed by atoms with Gasteiger partial charge in [-0.05, 0) is 25.0 Å². The molecule has 1 aliphatic heterocycles. The van der Waals surface area contributed by atoms with E-state index in [1.54, 1.807) is 12.1 Å². The van der Waals surface area contributed by atoms with Crippen molar-refractivity contribution in [2.45, 2.75) is 24.5 Å². The number of hydrogen-bond donors (Lipinski definition) is 1. The summed E-state index contributed by atoms with van der Waals surface area (Å²) in [6, 6.07) is 6.72. The number of hydrogen-bond acceptors (Lipinski definition) is 5. The van der Waals surface area contributed by atoms with E-state index in [-0.39, 0.29) is 17.0 Å². The second kappa shape index (κ2) is 6.14. The summed E-state index contributed by atoms with van der Waals surface area (Å²) in [6.45, 7) is 0. The molecule has 2 rings (SSSR count). The number of anilines is 1. The number of para-hydroxylation sites is 1. The zero-order chi connectivity index (χ0) is 15.5. The van der Waals surface area contributed by atoms with E-state index in [9.17, 15) is 13.2 Å². The number of carbonyl (C=O) groups is 1. The molecule has 6 nitrogen and oxygen atoms in total. The number of amides is 1. The van der Waals surface area contributed by atoms with Crippen LogP contribution in [0.1, 0.15) is 24.8 Å². The maximum absolute atomic E-state index is 12.3. The summed E-state index contributed by atoms with van der Waals surface area (Å²) in [6.07, 6.45) is 1.60. The Balaban J connectivity index is 2.30. The lowest BCUT2D eigenvalue weighted by atomic mass is 10.1.